The maximum absolute atomic E-state index is 9.45. The number of nitrogens with one attached hydrogen (secondary N) is 1. The Bertz CT molecular complexity index is 461. The van der Waals surface area contributed by atoms with Crippen molar-refractivity contribution in [2.45, 2.75) is 19.1 Å². The number of H-pyrrole nitrogens is 1. The lowest BCUT2D eigenvalue weighted by Crippen LogP contribution is -2.22. The van der Waals surface area contributed by atoms with Gasteiger partial charge in [-0.1, -0.05) is 12.1 Å². The second kappa shape index (κ2) is 3.88. The third-order valence-electron chi connectivity index (χ3n) is 3.06. The van der Waals surface area contributed by atoms with Crippen LogP contribution in [0.25, 0.3) is 11.0 Å². The highest BCUT2D eigenvalue weighted by Crippen LogP contribution is 2.15. The monoisotopic (exact) mass is 217 g/mol. The molecular weight excluding hydrogens is 202 g/mol. The topological polar surface area (TPSA) is 52.1 Å². The second-order valence-electron chi connectivity index (χ2n) is 4.38. The summed E-state index contributed by atoms with van der Waals surface area (Å²) in [6, 6.07) is 8.04. The SMILES string of the molecule is O[C@H]1CCN(Cc2nc3ccccc3[nH]2)C1. The number of hydrogen-bond donors (Lipinski definition) is 2. The fraction of sp³-hybridized carbons (Fsp3) is 0.417. The smallest absolute Gasteiger partial charge is 0.121 e. The lowest BCUT2D eigenvalue weighted by molar-refractivity contribution is 0.174. The maximum atomic E-state index is 9.45. The van der Waals surface area contributed by atoms with Crippen LogP contribution in [0.2, 0.25) is 0 Å². The molecular formula is C12H15N3O. The third kappa shape index (κ3) is 1.81. The first-order valence-corrected chi connectivity index (χ1v) is 5.65. The number of aromatic nitrogens is 2. The quantitative estimate of drug-likeness (QED) is 0.793. The van der Waals surface area contributed by atoms with Gasteiger partial charge in [-0.15, -0.1) is 0 Å². The van der Waals surface area contributed by atoms with Crippen molar-refractivity contribution >= 4 is 11.0 Å². The number of likely N-dealkylation sites (tertiary alicyclic amines) is 1. The lowest BCUT2D eigenvalue weighted by atomic mass is 10.3. The van der Waals surface area contributed by atoms with Crippen LogP contribution in [0, 0.1) is 0 Å². The van der Waals surface area contributed by atoms with Gasteiger partial charge in [0.1, 0.15) is 5.82 Å². The van der Waals surface area contributed by atoms with Crippen LogP contribution in [0.5, 0.6) is 0 Å². The molecule has 2 aromatic rings. The van der Waals surface area contributed by atoms with Crippen LogP contribution in [-0.4, -0.2) is 39.2 Å². The molecule has 4 nitrogen and oxygen atoms in total. The second-order valence-corrected chi connectivity index (χ2v) is 4.38. The van der Waals surface area contributed by atoms with E-state index in [4.69, 9.17) is 0 Å². The maximum Gasteiger partial charge on any atom is 0.121 e. The predicted octanol–water partition coefficient (Wildman–Crippen LogP) is 1.13. The molecule has 0 aliphatic carbocycles. The summed E-state index contributed by atoms with van der Waals surface area (Å²) in [5.74, 6) is 0.982. The molecule has 0 radical (unpaired) electrons. The number of rotatable bonds is 2. The first-order chi connectivity index (χ1) is 7.81. The summed E-state index contributed by atoms with van der Waals surface area (Å²) in [5.41, 5.74) is 2.09. The minimum absolute atomic E-state index is 0.163. The van der Waals surface area contributed by atoms with Crippen molar-refractivity contribution in [2.75, 3.05) is 13.1 Å². The van der Waals surface area contributed by atoms with Gasteiger partial charge in [0.25, 0.3) is 0 Å². The molecule has 0 saturated carbocycles. The number of aliphatic hydroxyl groups excluding tert-OH is 1. The van der Waals surface area contributed by atoms with Crippen LogP contribution in [0.1, 0.15) is 12.2 Å². The highest BCUT2D eigenvalue weighted by molar-refractivity contribution is 5.74. The highest BCUT2D eigenvalue weighted by Gasteiger charge is 2.20. The van der Waals surface area contributed by atoms with Gasteiger partial charge in [0, 0.05) is 13.1 Å². The normalized spacial score (nSPS) is 21.9. The van der Waals surface area contributed by atoms with Gasteiger partial charge in [0.2, 0.25) is 0 Å². The summed E-state index contributed by atoms with van der Waals surface area (Å²) in [6.45, 7) is 2.51. The third-order valence-corrected chi connectivity index (χ3v) is 3.06. The Hall–Kier alpha value is -1.39. The fourth-order valence-electron chi connectivity index (χ4n) is 2.25. The zero-order chi connectivity index (χ0) is 11.0. The molecule has 1 atom stereocenters. The Balaban J connectivity index is 1.79. The zero-order valence-electron chi connectivity index (χ0n) is 9.06. The van der Waals surface area contributed by atoms with Crippen LogP contribution in [-0.2, 0) is 6.54 Å². The van der Waals surface area contributed by atoms with E-state index in [-0.39, 0.29) is 6.10 Å². The van der Waals surface area contributed by atoms with Gasteiger partial charge in [-0.2, -0.15) is 0 Å². The molecule has 16 heavy (non-hydrogen) atoms. The molecule has 84 valence electrons. The van der Waals surface area contributed by atoms with E-state index in [1.54, 1.807) is 0 Å². The first-order valence-electron chi connectivity index (χ1n) is 5.65. The van der Waals surface area contributed by atoms with Crippen molar-refractivity contribution in [3.8, 4) is 0 Å². The van der Waals surface area contributed by atoms with Gasteiger partial charge in [0.15, 0.2) is 0 Å². The molecule has 0 spiro atoms. The van der Waals surface area contributed by atoms with Crippen molar-refractivity contribution in [3.63, 3.8) is 0 Å². The van der Waals surface area contributed by atoms with E-state index in [0.717, 1.165) is 42.9 Å². The number of benzene rings is 1. The molecule has 1 aromatic carbocycles. The number of fused-ring (bicyclic) bond motifs is 1. The van der Waals surface area contributed by atoms with E-state index in [0.29, 0.717) is 0 Å². The van der Waals surface area contributed by atoms with Crippen LogP contribution in [0.4, 0.5) is 0 Å². The van der Waals surface area contributed by atoms with Gasteiger partial charge in [-0.05, 0) is 18.6 Å². The number of para-hydroxylation sites is 2. The predicted molar refractivity (Wildman–Crippen MR) is 62.0 cm³/mol. The number of aliphatic hydroxyl groups is 1. The Labute approximate surface area is 93.9 Å². The largest absolute Gasteiger partial charge is 0.392 e. The van der Waals surface area contributed by atoms with Crippen molar-refractivity contribution in [1.29, 1.82) is 0 Å². The van der Waals surface area contributed by atoms with E-state index in [2.05, 4.69) is 14.9 Å². The number of nitrogens with zero attached hydrogens (tertiary/aromatic N) is 2. The van der Waals surface area contributed by atoms with Crippen LogP contribution < -0.4 is 0 Å². The molecule has 1 fully saturated rings. The van der Waals surface area contributed by atoms with Gasteiger partial charge < -0.3 is 10.1 Å². The highest BCUT2D eigenvalue weighted by atomic mass is 16.3. The Morgan fingerprint density at radius 3 is 3.06 bits per heavy atom. The number of aromatic amines is 1. The molecule has 1 aliphatic heterocycles. The van der Waals surface area contributed by atoms with Crippen molar-refractivity contribution in [3.05, 3.63) is 30.1 Å². The standard InChI is InChI=1S/C12H15N3O/c16-9-5-6-15(7-9)8-12-13-10-3-1-2-4-11(10)14-12/h1-4,9,16H,5-8H2,(H,13,14)/t9-/m0/s1. The summed E-state index contributed by atoms with van der Waals surface area (Å²) in [4.78, 5) is 10.0. The van der Waals surface area contributed by atoms with Crippen molar-refractivity contribution in [1.82, 2.24) is 14.9 Å². The van der Waals surface area contributed by atoms with E-state index in [9.17, 15) is 5.11 Å². The van der Waals surface area contributed by atoms with E-state index in [1.165, 1.54) is 0 Å². The Kier molecular flexibility index (Phi) is 2.38. The van der Waals surface area contributed by atoms with E-state index >= 15 is 0 Å². The molecule has 0 unspecified atom stereocenters. The Morgan fingerprint density at radius 2 is 2.31 bits per heavy atom. The Morgan fingerprint density at radius 1 is 1.44 bits per heavy atom. The number of imidazole rings is 1. The average molecular weight is 217 g/mol. The molecule has 1 saturated heterocycles. The molecule has 4 heteroatoms. The van der Waals surface area contributed by atoms with Gasteiger partial charge >= 0.3 is 0 Å². The molecule has 2 heterocycles. The summed E-state index contributed by atoms with van der Waals surface area (Å²) >= 11 is 0. The number of hydrogen-bond acceptors (Lipinski definition) is 3. The van der Waals surface area contributed by atoms with Gasteiger partial charge in [-0.3, -0.25) is 4.90 Å². The minimum atomic E-state index is -0.163. The molecule has 1 aliphatic rings. The van der Waals surface area contributed by atoms with Crippen LogP contribution in [0.3, 0.4) is 0 Å². The van der Waals surface area contributed by atoms with Crippen molar-refractivity contribution < 1.29 is 5.11 Å². The fourth-order valence-corrected chi connectivity index (χ4v) is 2.25. The molecule has 2 N–H and O–H groups in total. The first kappa shape index (κ1) is 9.81. The summed E-state index contributed by atoms with van der Waals surface area (Å²) in [6.07, 6.45) is 0.713. The van der Waals surface area contributed by atoms with Gasteiger partial charge in [-0.25, -0.2) is 4.98 Å². The summed E-state index contributed by atoms with van der Waals surface area (Å²) in [5, 5.41) is 9.45. The zero-order valence-corrected chi connectivity index (χ0v) is 9.06. The van der Waals surface area contributed by atoms with E-state index < -0.39 is 0 Å². The average Bonchev–Trinajstić information content (AvgIpc) is 2.84. The van der Waals surface area contributed by atoms with Crippen molar-refractivity contribution in [2.24, 2.45) is 0 Å². The minimum Gasteiger partial charge on any atom is -0.392 e. The van der Waals surface area contributed by atoms with Gasteiger partial charge in [0.05, 0.1) is 23.7 Å². The molecule has 1 aromatic heterocycles. The summed E-state index contributed by atoms with van der Waals surface area (Å²) < 4.78 is 0. The van der Waals surface area contributed by atoms with Crippen LogP contribution in [0.15, 0.2) is 24.3 Å². The van der Waals surface area contributed by atoms with E-state index in [1.807, 2.05) is 24.3 Å². The van der Waals surface area contributed by atoms with Crippen LogP contribution >= 0.6 is 0 Å². The molecule has 0 bridgehead atoms. The summed E-state index contributed by atoms with van der Waals surface area (Å²) in [7, 11) is 0. The molecule has 3 rings (SSSR count). The number of β-amino-alcohol motifs (C(OH)–C–C–N with tert-alkyl or cyclic N) is 1. The molecule has 0 amide bonds. The lowest BCUT2D eigenvalue weighted by Gasteiger charge is -2.12.